The molecular formula is C21H29N5O. The van der Waals surface area contributed by atoms with Crippen molar-refractivity contribution in [2.45, 2.75) is 58.3 Å². The molecule has 0 aliphatic carbocycles. The first kappa shape index (κ1) is 18.2. The Morgan fingerprint density at radius 3 is 2.89 bits per heavy atom. The van der Waals surface area contributed by atoms with Crippen LogP contribution in [0, 0.1) is 0 Å². The summed E-state index contributed by atoms with van der Waals surface area (Å²) in [5.41, 5.74) is 5.06. The lowest BCUT2D eigenvalue weighted by Gasteiger charge is -2.33. The molecule has 2 aliphatic heterocycles. The van der Waals surface area contributed by atoms with Crippen molar-refractivity contribution >= 4 is 5.91 Å². The lowest BCUT2D eigenvalue weighted by Crippen LogP contribution is -2.36. The van der Waals surface area contributed by atoms with E-state index in [1.165, 1.54) is 31.4 Å². The second-order valence-corrected chi connectivity index (χ2v) is 7.77. The summed E-state index contributed by atoms with van der Waals surface area (Å²) < 4.78 is 0. The molecule has 144 valence electrons. The number of piperidine rings is 1. The van der Waals surface area contributed by atoms with Crippen LogP contribution in [-0.2, 0) is 26.1 Å². The van der Waals surface area contributed by atoms with Crippen molar-refractivity contribution < 1.29 is 4.79 Å². The van der Waals surface area contributed by atoms with Gasteiger partial charge in [0.25, 0.3) is 5.91 Å². The number of nitrogens with zero attached hydrogens (tertiary/aromatic N) is 2. The zero-order chi connectivity index (χ0) is 18.6. The SMILES string of the molecule is CC1CCCCN1Cc1ccc(CNC(=O)c2n[nH]c3c2CNCC3)cc1. The van der Waals surface area contributed by atoms with Crippen LogP contribution in [-0.4, -0.2) is 40.1 Å². The van der Waals surface area contributed by atoms with Crippen LogP contribution in [0.15, 0.2) is 24.3 Å². The van der Waals surface area contributed by atoms with Gasteiger partial charge in [-0.3, -0.25) is 14.8 Å². The van der Waals surface area contributed by atoms with Gasteiger partial charge in [0.05, 0.1) is 0 Å². The summed E-state index contributed by atoms with van der Waals surface area (Å²) in [6.45, 7) is 6.69. The third kappa shape index (κ3) is 4.22. The Kier molecular flexibility index (Phi) is 5.55. The van der Waals surface area contributed by atoms with Crippen molar-refractivity contribution in [3.05, 3.63) is 52.3 Å². The van der Waals surface area contributed by atoms with E-state index in [1.54, 1.807) is 0 Å². The van der Waals surface area contributed by atoms with Gasteiger partial charge in [0, 0.05) is 49.9 Å². The second kappa shape index (κ2) is 8.23. The van der Waals surface area contributed by atoms with Crippen LogP contribution in [0.25, 0.3) is 0 Å². The van der Waals surface area contributed by atoms with Crippen LogP contribution in [0.2, 0.25) is 0 Å². The van der Waals surface area contributed by atoms with E-state index in [0.717, 1.165) is 36.3 Å². The molecule has 0 bridgehead atoms. The summed E-state index contributed by atoms with van der Waals surface area (Å²) in [7, 11) is 0. The molecule has 3 N–H and O–H groups in total. The fourth-order valence-electron chi connectivity index (χ4n) is 4.07. The standard InChI is InChI=1S/C21H29N5O/c1-15-4-2-3-11-26(15)14-17-7-5-16(6-8-17)12-23-21(27)20-18-13-22-10-9-19(18)24-25-20/h5-8,15,22H,2-4,9-14H2,1H3,(H,23,27)(H,24,25). The predicted molar refractivity (Wildman–Crippen MR) is 105 cm³/mol. The zero-order valence-corrected chi connectivity index (χ0v) is 16.1. The number of nitrogens with one attached hydrogen (secondary N) is 3. The first-order valence-corrected chi connectivity index (χ1v) is 10.1. The van der Waals surface area contributed by atoms with E-state index < -0.39 is 0 Å². The smallest absolute Gasteiger partial charge is 0.272 e. The lowest BCUT2D eigenvalue weighted by atomic mass is 10.0. The summed E-state index contributed by atoms with van der Waals surface area (Å²) in [6.07, 6.45) is 4.86. The topological polar surface area (TPSA) is 73.0 Å². The fourth-order valence-corrected chi connectivity index (χ4v) is 4.07. The minimum atomic E-state index is -0.109. The molecule has 1 atom stereocenters. The Morgan fingerprint density at radius 2 is 2.07 bits per heavy atom. The molecule has 1 saturated heterocycles. The minimum Gasteiger partial charge on any atom is -0.347 e. The van der Waals surface area contributed by atoms with E-state index >= 15 is 0 Å². The van der Waals surface area contributed by atoms with Crippen molar-refractivity contribution in [1.29, 1.82) is 0 Å². The van der Waals surface area contributed by atoms with Gasteiger partial charge in [0.2, 0.25) is 0 Å². The van der Waals surface area contributed by atoms with Gasteiger partial charge in [-0.25, -0.2) is 0 Å². The summed E-state index contributed by atoms with van der Waals surface area (Å²) >= 11 is 0. The second-order valence-electron chi connectivity index (χ2n) is 7.77. The highest BCUT2D eigenvalue weighted by Gasteiger charge is 2.21. The molecule has 6 heteroatoms. The van der Waals surface area contributed by atoms with Gasteiger partial charge in [-0.2, -0.15) is 5.10 Å². The minimum absolute atomic E-state index is 0.109. The third-order valence-electron chi connectivity index (χ3n) is 5.82. The molecule has 1 amide bonds. The molecule has 1 aromatic carbocycles. The number of H-pyrrole nitrogens is 1. The summed E-state index contributed by atoms with van der Waals surface area (Å²) in [6, 6.07) is 9.27. The number of hydrogen-bond donors (Lipinski definition) is 3. The van der Waals surface area contributed by atoms with Gasteiger partial charge in [0.1, 0.15) is 0 Å². The third-order valence-corrected chi connectivity index (χ3v) is 5.82. The first-order chi connectivity index (χ1) is 13.2. The Morgan fingerprint density at radius 1 is 1.26 bits per heavy atom. The summed E-state index contributed by atoms with van der Waals surface area (Å²) in [5.74, 6) is -0.109. The highest BCUT2D eigenvalue weighted by molar-refractivity contribution is 5.94. The monoisotopic (exact) mass is 367 g/mol. The van der Waals surface area contributed by atoms with Crippen molar-refractivity contribution in [3.8, 4) is 0 Å². The van der Waals surface area contributed by atoms with Crippen molar-refractivity contribution in [1.82, 2.24) is 25.7 Å². The van der Waals surface area contributed by atoms with Crippen LogP contribution >= 0.6 is 0 Å². The number of fused-ring (bicyclic) bond motifs is 1. The molecule has 2 aliphatic rings. The van der Waals surface area contributed by atoms with Crippen LogP contribution in [0.4, 0.5) is 0 Å². The zero-order valence-electron chi connectivity index (χ0n) is 16.1. The highest BCUT2D eigenvalue weighted by Crippen LogP contribution is 2.19. The molecule has 0 saturated carbocycles. The highest BCUT2D eigenvalue weighted by atomic mass is 16.1. The number of hydrogen-bond acceptors (Lipinski definition) is 4. The van der Waals surface area contributed by atoms with Gasteiger partial charge < -0.3 is 10.6 Å². The van der Waals surface area contributed by atoms with Crippen molar-refractivity contribution in [2.75, 3.05) is 13.1 Å². The largest absolute Gasteiger partial charge is 0.347 e. The Balaban J connectivity index is 1.32. The summed E-state index contributed by atoms with van der Waals surface area (Å²) in [4.78, 5) is 15.1. The molecule has 27 heavy (non-hydrogen) atoms. The van der Waals surface area contributed by atoms with Crippen LogP contribution in [0.5, 0.6) is 0 Å². The predicted octanol–water partition coefficient (Wildman–Crippen LogP) is 2.36. The van der Waals surface area contributed by atoms with E-state index in [1.807, 2.05) is 0 Å². The maximum atomic E-state index is 12.5. The van der Waals surface area contributed by atoms with Gasteiger partial charge in [-0.15, -0.1) is 0 Å². The molecular weight excluding hydrogens is 338 g/mol. The molecule has 0 spiro atoms. The van der Waals surface area contributed by atoms with E-state index in [-0.39, 0.29) is 5.91 Å². The fraction of sp³-hybridized carbons (Fsp3) is 0.524. The number of benzene rings is 1. The van der Waals surface area contributed by atoms with Gasteiger partial charge in [0.15, 0.2) is 5.69 Å². The Labute approximate surface area is 160 Å². The molecule has 4 rings (SSSR count). The summed E-state index contributed by atoms with van der Waals surface area (Å²) in [5, 5.41) is 13.5. The molecule has 1 aromatic heterocycles. The number of carbonyl (C=O) groups excluding carboxylic acids is 1. The number of amides is 1. The van der Waals surface area contributed by atoms with Crippen LogP contribution in [0.1, 0.15) is 59.1 Å². The maximum Gasteiger partial charge on any atom is 0.272 e. The average molecular weight is 367 g/mol. The molecule has 0 radical (unpaired) electrons. The van der Waals surface area contributed by atoms with Gasteiger partial charge in [-0.1, -0.05) is 30.7 Å². The molecule has 1 fully saturated rings. The maximum absolute atomic E-state index is 12.5. The first-order valence-electron chi connectivity index (χ1n) is 10.1. The Bertz CT molecular complexity index is 782. The normalized spacial score (nSPS) is 20.3. The quantitative estimate of drug-likeness (QED) is 0.759. The van der Waals surface area contributed by atoms with Crippen LogP contribution in [0.3, 0.4) is 0 Å². The van der Waals surface area contributed by atoms with E-state index in [9.17, 15) is 4.79 Å². The molecule has 1 unspecified atom stereocenters. The number of aromatic amines is 1. The Hall–Kier alpha value is -2.18. The number of aromatic nitrogens is 2. The van der Waals surface area contributed by atoms with E-state index in [0.29, 0.717) is 24.8 Å². The number of rotatable bonds is 5. The van der Waals surface area contributed by atoms with E-state index in [2.05, 4.69) is 56.9 Å². The van der Waals surface area contributed by atoms with Crippen molar-refractivity contribution in [3.63, 3.8) is 0 Å². The van der Waals surface area contributed by atoms with Crippen molar-refractivity contribution in [2.24, 2.45) is 0 Å². The average Bonchev–Trinajstić information content (AvgIpc) is 3.13. The molecule has 2 aromatic rings. The molecule has 6 nitrogen and oxygen atoms in total. The van der Waals surface area contributed by atoms with Gasteiger partial charge >= 0.3 is 0 Å². The van der Waals surface area contributed by atoms with E-state index in [4.69, 9.17) is 0 Å². The number of carbonyl (C=O) groups is 1. The van der Waals surface area contributed by atoms with Gasteiger partial charge in [-0.05, 0) is 37.4 Å². The lowest BCUT2D eigenvalue weighted by molar-refractivity contribution is 0.0944. The number of likely N-dealkylation sites (tertiary alicyclic amines) is 1. The molecule has 3 heterocycles. The van der Waals surface area contributed by atoms with Crippen LogP contribution < -0.4 is 10.6 Å².